The Morgan fingerprint density at radius 2 is 1.96 bits per heavy atom. The summed E-state index contributed by atoms with van der Waals surface area (Å²) in [5.41, 5.74) is 2.34. The zero-order valence-corrected chi connectivity index (χ0v) is 14.9. The first-order valence-corrected chi connectivity index (χ1v) is 8.78. The van der Waals surface area contributed by atoms with Gasteiger partial charge in [-0.1, -0.05) is 37.1 Å². The van der Waals surface area contributed by atoms with Crippen LogP contribution in [0.15, 0.2) is 34.9 Å². The Bertz CT molecular complexity index is 535. The summed E-state index contributed by atoms with van der Waals surface area (Å²) in [7, 11) is 0. The second kappa shape index (κ2) is 7.48. The fourth-order valence-corrected chi connectivity index (χ4v) is 3.18. The molecule has 0 saturated carbocycles. The van der Waals surface area contributed by atoms with Gasteiger partial charge in [-0.15, -0.1) is 0 Å². The summed E-state index contributed by atoms with van der Waals surface area (Å²) in [5, 5.41) is 10.8. The molecule has 0 aromatic rings. The maximum Gasteiger partial charge on any atom is 0.334 e. The Kier molecular flexibility index (Phi) is 5.85. The third-order valence-corrected chi connectivity index (χ3v) is 4.97. The Morgan fingerprint density at radius 1 is 1.22 bits per heavy atom. The second-order valence-corrected chi connectivity index (χ2v) is 7.44. The second-order valence-electron chi connectivity index (χ2n) is 7.44. The number of ether oxygens (including phenoxy) is 1. The Morgan fingerprint density at radius 3 is 2.65 bits per heavy atom. The van der Waals surface area contributed by atoms with E-state index in [0.29, 0.717) is 25.2 Å². The maximum absolute atomic E-state index is 12.5. The van der Waals surface area contributed by atoms with Gasteiger partial charge in [-0.2, -0.15) is 0 Å². The zero-order chi connectivity index (χ0) is 17.0. The van der Waals surface area contributed by atoms with Gasteiger partial charge < -0.3 is 9.84 Å². The molecule has 1 N–H and O–H groups in total. The van der Waals surface area contributed by atoms with Crippen LogP contribution in [0.1, 0.15) is 66.2 Å². The molecule has 0 radical (unpaired) electrons. The summed E-state index contributed by atoms with van der Waals surface area (Å²) < 4.78 is 5.70. The number of hydrogen-bond acceptors (Lipinski definition) is 3. The molecule has 0 amide bonds. The molecule has 0 unspecified atom stereocenters. The lowest BCUT2D eigenvalue weighted by atomic mass is 9.86. The van der Waals surface area contributed by atoms with E-state index < -0.39 is 11.7 Å². The standard InChI is InChI=1S/C20H30O3/c1-14(2)17-11-10-15(3)7-5-8-16-9-6-12-20(4,22)18(13-17)23-19(16)21/h7,9,13-14,18,22H,5-6,8,10-12H2,1-4H3/b15-7+,16-9-,17-13+/t18-,20+/m0/s1. The van der Waals surface area contributed by atoms with Crippen LogP contribution in [0.2, 0.25) is 0 Å². The van der Waals surface area contributed by atoms with Crippen molar-refractivity contribution in [2.75, 3.05) is 0 Å². The number of aliphatic hydroxyl groups is 1. The van der Waals surface area contributed by atoms with Crippen LogP contribution in [-0.2, 0) is 9.53 Å². The normalized spacial score (nSPS) is 37.0. The molecule has 0 saturated heterocycles. The molecule has 2 heterocycles. The quantitative estimate of drug-likeness (QED) is 0.573. The maximum atomic E-state index is 12.5. The van der Waals surface area contributed by atoms with E-state index in [-0.39, 0.29) is 5.97 Å². The van der Waals surface area contributed by atoms with Gasteiger partial charge in [-0.25, -0.2) is 4.79 Å². The lowest BCUT2D eigenvalue weighted by molar-refractivity contribution is -0.155. The highest BCUT2D eigenvalue weighted by molar-refractivity contribution is 5.88. The smallest absolute Gasteiger partial charge is 0.334 e. The van der Waals surface area contributed by atoms with Gasteiger partial charge >= 0.3 is 5.97 Å². The molecule has 2 aliphatic rings. The summed E-state index contributed by atoms with van der Waals surface area (Å²) in [6.45, 7) is 8.24. The minimum Gasteiger partial charge on any atom is -0.452 e. The van der Waals surface area contributed by atoms with Gasteiger partial charge in [0.25, 0.3) is 0 Å². The van der Waals surface area contributed by atoms with Crippen LogP contribution < -0.4 is 0 Å². The van der Waals surface area contributed by atoms with Gasteiger partial charge in [0, 0.05) is 5.57 Å². The van der Waals surface area contributed by atoms with Crippen molar-refractivity contribution in [3.63, 3.8) is 0 Å². The van der Waals surface area contributed by atoms with Crippen LogP contribution in [0, 0.1) is 5.92 Å². The fourth-order valence-electron chi connectivity index (χ4n) is 3.18. The molecule has 128 valence electrons. The molecule has 0 aromatic carbocycles. The summed E-state index contributed by atoms with van der Waals surface area (Å²) in [4.78, 5) is 12.5. The van der Waals surface area contributed by atoms with E-state index in [1.54, 1.807) is 6.92 Å². The molecular weight excluding hydrogens is 288 g/mol. The molecule has 3 nitrogen and oxygen atoms in total. The Hall–Kier alpha value is -1.35. The van der Waals surface area contributed by atoms with E-state index in [0.717, 1.165) is 24.8 Å². The molecule has 2 rings (SSSR count). The third-order valence-electron chi connectivity index (χ3n) is 4.97. The van der Waals surface area contributed by atoms with Gasteiger partial charge in [0.1, 0.15) is 11.7 Å². The molecule has 2 aliphatic heterocycles. The van der Waals surface area contributed by atoms with Crippen molar-refractivity contribution in [3.8, 4) is 0 Å². The highest BCUT2D eigenvalue weighted by Gasteiger charge is 2.35. The van der Waals surface area contributed by atoms with E-state index >= 15 is 0 Å². The number of carbonyl (C=O) groups excluding carboxylic acids is 1. The van der Waals surface area contributed by atoms with Crippen molar-refractivity contribution in [2.45, 2.75) is 77.9 Å². The van der Waals surface area contributed by atoms with Crippen LogP contribution in [-0.4, -0.2) is 22.8 Å². The first-order valence-electron chi connectivity index (χ1n) is 8.78. The average molecular weight is 318 g/mol. The van der Waals surface area contributed by atoms with Gasteiger partial charge in [0.15, 0.2) is 0 Å². The first kappa shape index (κ1) is 18.0. The lowest BCUT2D eigenvalue weighted by Crippen LogP contribution is -2.42. The first-order chi connectivity index (χ1) is 10.8. The summed E-state index contributed by atoms with van der Waals surface area (Å²) in [5.74, 6) is 0.0988. The lowest BCUT2D eigenvalue weighted by Gasteiger charge is -2.33. The van der Waals surface area contributed by atoms with E-state index in [4.69, 9.17) is 4.74 Å². The van der Waals surface area contributed by atoms with E-state index in [1.807, 2.05) is 12.2 Å². The largest absolute Gasteiger partial charge is 0.452 e. The number of esters is 1. The van der Waals surface area contributed by atoms with Gasteiger partial charge in [-0.05, 0) is 64.4 Å². The zero-order valence-electron chi connectivity index (χ0n) is 14.9. The molecule has 2 atom stereocenters. The predicted molar refractivity (Wildman–Crippen MR) is 93.0 cm³/mol. The third kappa shape index (κ3) is 4.81. The van der Waals surface area contributed by atoms with Crippen LogP contribution in [0.4, 0.5) is 0 Å². The summed E-state index contributed by atoms with van der Waals surface area (Å²) >= 11 is 0. The Balaban J connectivity index is 2.43. The highest BCUT2D eigenvalue weighted by Crippen LogP contribution is 2.30. The van der Waals surface area contributed by atoms with Crippen molar-refractivity contribution >= 4 is 5.97 Å². The fraction of sp³-hybridized carbons (Fsp3) is 0.650. The van der Waals surface area contributed by atoms with Crippen LogP contribution in [0.5, 0.6) is 0 Å². The number of fused-ring (bicyclic) bond motifs is 3. The van der Waals surface area contributed by atoms with Crippen LogP contribution in [0.25, 0.3) is 0 Å². The van der Waals surface area contributed by atoms with Gasteiger partial charge in [-0.3, -0.25) is 0 Å². The molecule has 23 heavy (non-hydrogen) atoms. The highest BCUT2D eigenvalue weighted by atomic mass is 16.6. The van der Waals surface area contributed by atoms with Crippen molar-refractivity contribution in [2.24, 2.45) is 5.92 Å². The SMILES string of the molecule is C/C1=C\CC/C2=C/CC[C@@](C)(O)[C@H](/C=C(/C(C)C)CC1)OC2=O. The van der Waals surface area contributed by atoms with Crippen molar-refractivity contribution in [3.05, 3.63) is 34.9 Å². The van der Waals surface area contributed by atoms with E-state index in [1.165, 1.54) is 11.1 Å². The Labute approximate surface area is 140 Å². The molecule has 0 fully saturated rings. The van der Waals surface area contributed by atoms with E-state index in [9.17, 15) is 9.90 Å². The molecule has 0 spiro atoms. The minimum absolute atomic E-state index is 0.277. The minimum atomic E-state index is -1.02. The molecule has 0 aliphatic carbocycles. The average Bonchev–Trinajstić information content (AvgIpc) is 2.45. The molecule has 0 aromatic heterocycles. The van der Waals surface area contributed by atoms with Gasteiger partial charge in [0.2, 0.25) is 0 Å². The van der Waals surface area contributed by atoms with Gasteiger partial charge in [0.05, 0.1) is 0 Å². The number of carbonyl (C=O) groups is 1. The van der Waals surface area contributed by atoms with Crippen molar-refractivity contribution in [1.82, 2.24) is 0 Å². The molecule has 3 heteroatoms. The van der Waals surface area contributed by atoms with E-state index in [2.05, 4.69) is 26.8 Å². The van der Waals surface area contributed by atoms with Crippen LogP contribution >= 0.6 is 0 Å². The number of hydrogen-bond donors (Lipinski definition) is 1. The number of allylic oxidation sites excluding steroid dienone is 4. The van der Waals surface area contributed by atoms with Crippen molar-refractivity contribution < 1.29 is 14.6 Å². The monoisotopic (exact) mass is 318 g/mol. The predicted octanol–water partition coefficient (Wildman–Crippen LogP) is 4.47. The van der Waals surface area contributed by atoms with Crippen LogP contribution in [0.3, 0.4) is 0 Å². The molecule has 2 bridgehead atoms. The topological polar surface area (TPSA) is 46.5 Å². The van der Waals surface area contributed by atoms with Crippen molar-refractivity contribution in [1.29, 1.82) is 0 Å². The number of rotatable bonds is 1. The summed E-state index contributed by atoms with van der Waals surface area (Å²) in [6.07, 6.45) is 10.5. The summed E-state index contributed by atoms with van der Waals surface area (Å²) in [6, 6.07) is 0. The molecular formula is C20H30O3.